The van der Waals surface area contributed by atoms with Crippen molar-refractivity contribution in [1.82, 2.24) is 0 Å². The van der Waals surface area contributed by atoms with E-state index in [9.17, 15) is 0 Å². The first-order valence-corrected chi connectivity index (χ1v) is 6.17. The molecule has 0 spiro atoms. The molecule has 2 bridgehead atoms. The minimum Gasteiger partial charge on any atom is -0.0998 e. The third-order valence-corrected chi connectivity index (χ3v) is 3.89. The molecule has 0 heterocycles. The van der Waals surface area contributed by atoms with E-state index in [1.165, 1.54) is 37.7 Å². The third kappa shape index (κ3) is 2.42. The number of hydrogen-bond acceptors (Lipinski definition) is 0. The Morgan fingerprint density at radius 2 is 2.20 bits per heavy atom. The highest BCUT2D eigenvalue weighted by molar-refractivity contribution is 5.20. The van der Waals surface area contributed by atoms with Gasteiger partial charge in [0, 0.05) is 0 Å². The van der Waals surface area contributed by atoms with Crippen LogP contribution in [0, 0.1) is 11.8 Å². The van der Waals surface area contributed by atoms with Crippen LogP contribution in [0.3, 0.4) is 0 Å². The van der Waals surface area contributed by atoms with Gasteiger partial charge in [-0.25, -0.2) is 0 Å². The number of hydrogen-bond donors (Lipinski definition) is 0. The molecule has 0 saturated heterocycles. The van der Waals surface area contributed by atoms with E-state index < -0.39 is 0 Å². The van der Waals surface area contributed by atoms with Gasteiger partial charge in [-0.15, -0.1) is 0 Å². The summed E-state index contributed by atoms with van der Waals surface area (Å²) in [4.78, 5) is 0. The molecule has 0 N–H and O–H groups in total. The first kappa shape index (κ1) is 10.7. The quantitative estimate of drug-likeness (QED) is 0.543. The number of rotatable bonds is 1. The molecule has 0 heteroatoms. The molecule has 0 amide bonds. The number of allylic oxidation sites excluding steroid dienone is 5. The summed E-state index contributed by atoms with van der Waals surface area (Å²) in [7, 11) is 0. The SMILES string of the molecule is C=C(C)[C@@H]1CC/C2=C/CC/C(C)=C\[C@@H]1C2. The van der Waals surface area contributed by atoms with Crippen molar-refractivity contribution in [2.75, 3.05) is 0 Å². The van der Waals surface area contributed by atoms with Gasteiger partial charge in [0.05, 0.1) is 0 Å². The van der Waals surface area contributed by atoms with E-state index in [2.05, 4.69) is 32.6 Å². The molecule has 2 aliphatic carbocycles. The van der Waals surface area contributed by atoms with Crippen LogP contribution in [0.5, 0.6) is 0 Å². The largest absolute Gasteiger partial charge is 0.0998 e. The van der Waals surface area contributed by atoms with Gasteiger partial charge in [0.15, 0.2) is 0 Å². The maximum atomic E-state index is 4.16. The normalized spacial score (nSPS) is 38.0. The van der Waals surface area contributed by atoms with Crippen LogP contribution in [0.4, 0.5) is 0 Å². The zero-order valence-corrected chi connectivity index (χ0v) is 10.1. The van der Waals surface area contributed by atoms with Gasteiger partial charge in [-0.05, 0) is 57.8 Å². The Morgan fingerprint density at radius 3 is 2.93 bits per heavy atom. The zero-order valence-electron chi connectivity index (χ0n) is 10.1. The third-order valence-electron chi connectivity index (χ3n) is 3.89. The summed E-state index contributed by atoms with van der Waals surface area (Å²) in [6.07, 6.45) is 11.4. The maximum absolute atomic E-state index is 4.16. The van der Waals surface area contributed by atoms with Crippen LogP contribution in [0.25, 0.3) is 0 Å². The highest BCUT2D eigenvalue weighted by atomic mass is 14.3. The molecule has 2 rings (SSSR count). The minimum atomic E-state index is 0.732. The van der Waals surface area contributed by atoms with Gasteiger partial charge in [0.25, 0.3) is 0 Å². The second-order valence-electron chi connectivity index (χ2n) is 5.27. The molecule has 0 unspecified atom stereocenters. The first-order valence-electron chi connectivity index (χ1n) is 6.17. The van der Waals surface area contributed by atoms with E-state index in [-0.39, 0.29) is 0 Å². The molecule has 0 aromatic heterocycles. The lowest BCUT2D eigenvalue weighted by Gasteiger charge is -2.33. The van der Waals surface area contributed by atoms with E-state index in [4.69, 9.17) is 0 Å². The minimum absolute atomic E-state index is 0.732. The molecule has 2 atom stereocenters. The number of fused-ring (bicyclic) bond motifs is 2. The van der Waals surface area contributed by atoms with E-state index in [1.807, 2.05) is 0 Å². The summed E-state index contributed by atoms with van der Waals surface area (Å²) >= 11 is 0. The second-order valence-corrected chi connectivity index (χ2v) is 5.27. The Bertz CT molecular complexity index is 317. The Morgan fingerprint density at radius 1 is 1.40 bits per heavy atom. The summed E-state index contributed by atoms with van der Waals surface area (Å²) < 4.78 is 0. The molecule has 0 nitrogen and oxygen atoms in total. The predicted molar refractivity (Wildman–Crippen MR) is 66.7 cm³/mol. The molecular formula is C15H22. The topological polar surface area (TPSA) is 0 Å². The van der Waals surface area contributed by atoms with Crippen LogP contribution in [-0.2, 0) is 0 Å². The van der Waals surface area contributed by atoms with Crippen molar-refractivity contribution in [2.45, 2.75) is 46.0 Å². The lowest BCUT2D eigenvalue weighted by atomic mass is 9.72. The van der Waals surface area contributed by atoms with Gasteiger partial charge in [0.1, 0.15) is 0 Å². The summed E-state index contributed by atoms with van der Waals surface area (Å²) in [5, 5.41) is 0. The van der Waals surface area contributed by atoms with Gasteiger partial charge in [-0.3, -0.25) is 0 Å². The summed E-state index contributed by atoms with van der Waals surface area (Å²) in [6.45, 7) is 8.63. The molecule has 0 aliphatic heterocycles. The zero-order chi connectivity index (χ0) is 10.8. The van der Waals surface area contributed by atoms with Gasteiger partial charge in [0.2, 0.25) is 0 Å². The average Bonchev–Trinajstić information content (AvgIpc) is 2.15. The average molecular weight is 202 g/mol. The molecule has 82 valence electrons. The van der Waals surface area contributed by atoms with Crippen molar-refractivity contribution < 1.29 is 0 Å². The van der Waals surface area contributed by atoms with Crippen molar-refractivity contribution in [1.29, 1.82) is 0 Å². The molecule has 1 fully saturated rings. The standard InChI is InChI=1S/C15H22/c1-11(2)15-8-7-13-6-4-5-12(3)9-14(15)10-13/h6,9,14-15H,1,4-5,7-8,10H2,2-3H3/b12-9-,13-6-/t14-,15+/m1/s1. The van der Waals surface area contributed by atoms with Crippen molar-refractivity contribution in [3.63, 3.8) is 0 Å². The Kier molecular flexibility index (Phi) is 3.14. The van der Waals surface area contributed by atoms with Gasteiger partial charge < -0.3 is 0 Å². The second kappa shape index (κ2) is 4.38. The fraction of sp³-hybridized carbons (Fsp3) is 0.600. The fourth-order valence-electron chi connectivity index (χ4n) is 3.03. The van der Waals surface area contributed by atoms with E-state index in [0.29, 0.717) is 0 Å². The van der Waals surface area contributed by atoms with Crippen LogP contribution in [-0.4, -0.2) is 0 Å². The monoisotopic (exact) mass is 202 g/mol. The van der Waals surface area contributed by atoms with E-state index >= 15 is 0 Å². The van der Waals surface area contributed by atoms with Gasteiger partial charge >= 0.3 is 0 Å². The summed E-state index contributed by atoms with van der Waals surface area (Å²) in [5.41, 5.74) is 4.65. The molecule has 0 aromatic carbocycles. The lowest BCUT2D eigenvalue weighted by Crippen LogP contribution is -2.21. The molecule has 1 saturated carbocycles. The Balaban J connectivity index is 2.22. The first-order chi connectivity index (χ1) is 7.16. The van der Waals surface area contributed by atoms with Crippen LogP contribution in [0.1, 0.15) is 46.0 Å². The molecule has 0 aromatic rings. The molecule has 2 aliphatic rings. The summed E-state index contributed by atoms with van der Waals surface area (Å²) in [5.74, 6) is 1.47. The van der Waals surface area contributed by atoms with Gasteiger partial charge in [-0.1, -0.05) is 35.5 Å². The molecular weight excluding hydrogens is 180 g/mol. The van der Waals surface area contributed by atoms with Crippen molar-refractivity contribution >= 4 is 0 Å². The molecule has 15 heavy (non-hydrogen) atoms. The molecule has 0 radical (unpaired) electrons. The summed E-state index contributed by atoms with van der Waals surface area (Å²) in [6, 6.07) is 0. The lowest BCUT2D eigenvalue weighted by molar-refractivity contribution is 0.372. The van der Waals surface area contributed by atoms with E-state index in [0.717, 1.165) is 11.8 Å². The van der Waals surface area contributed by atoms with Crippen molar-refractivity contribution in [2.24, 2.45) is 11.8 Å². The van der Waals surface area contributed by atoms with Crippen molar-refractivity contribution in [3.05, 3.63) is 35.5 Å². The van der Waals surface area contributed by atoms with E-state index in [1.54, 1.807) is 11.1 Å². The highest BCUT2D eigenvalue weighted by Crippen LogP contribution is 2.40. The fourth-order valence-corrected chi connectivity index (χ4v) is 3.03. The van der Waals surface area contributed by atoms with Crippen LogP contribution < -0.4 is 0 Å². The van der Waals surface area contributed by atoms with Gasteiger partial charge in [-0.2, -0.15) is 0 Å². The van der Waals surface area contributed by atoms with Crippen LogP contribution >= 0.6 is 0 Å². The van der Waals surface area contributed by atoms with Crippen molar-refractivity contribution in [3.8, 4) is 0 Å². The van der Waals surface area contributed by atoms with Crippen LogP contribution in [0.2, 0.25) is 0 Å². The predicted octanol–water partition coefficient (Wildman–Crippen LogP) is 4.65. The Hall–Kier alpha value is -0.780. The maximum Gasteiger partial charge on any atom is -0.0128 e. The Labute approximate surface area is 93.8 Å². The van der Waals surface area contributed by atoms with Crippen LogP contribution in [0.15, 0.2) is 35.5 Å². The highest BCUT2D eigenvalue weighted by Gasteiger charge is 2.26. The smallest absolute Gasteiger partial charge is 0.0128 e.